The van der Waals surface area contributed by atoms with Gasteiger partial charge in [-0.25, -0.2) is 0 Å². The molecule has 0 heterocycles. The van der Waals surface area contributed by atoms with E-state index in [4.69, 9.17) is 4.74 Å². The van der Waals surface area contributed by atoms with Crippen molar-refractivity contribution in [2.24, 2.45) is 0 Å². The third-order valence-corrected chi connectivity index (χ3v) is 12.7. The van der Waals surface area contributed by atoms with Gasteiger partial charge in [-0.05, 0) is 64.2 Å². The molecule has 0 aromatic carbocycles. The first kappa shape index (κ1) is 61.1. The van der Waals surface area contributed by atoms with E-state index in [2.05, 4.69) is 43.5 Å². The SMILES string of the molecule is CCCCCCCCCCCCC/C=C/C(O)C(CO)NC(=O)CCCCCCCCCCCC/C=C\C=C/CCCCCOC(=O)CCCCCCCCCCCCCCCC. The lowest BCUT2D eigenvalue weighted by atomic mass is 10.0. The van der Waals surface area contributed by atoms with Crippen LogP contribution in [0.5, 0.6) is 0 Å². The maximum Gasteiger partial charge on any atom is 0.305 e. The minimum Gasteiger partial charge on any atom is -0.466 e. The lowest BCUT2D eigenvalue weighted by Crippen LogP contribution is -2.45. The van der Waals surface area contributed by atoms with Crippen molar-refractivity contribution < 1.29 is 24.5 Å². The lowest BCUT2D eigenvalue weighted by Gasteiger charge is -2.20. The summed E-state index contributed by atoms with van der Waals surface area (Å²) in [5.41, 5.74) is 0. The molecule has 0 bridgehead atoms. The monoisotopic (exact) mass is 886 g/mol. The van der Waals surface area contributed by atoms with Crippen LogP contribution in [-0.2, 0) is 14.3 Å². The van der Waals surface area contributed by atoms with Gasteiger partial charge in [-0.15, -0.1) is 0 Å². The van der Waals surface area contributed by atoms with Crippen molar-refractivity contribution in [2.45, 2.75) is 302 Å². The number of aliphatic hydroxyl groups excluding tert-OH is 2. The number of hydrogen-bond donors (Lipinski definition) is 3. The molecular formula is C57H107NO5. The molecule has 2 atom stereocenters. The van der Waals surface area contributed by atoms with Crippen LogP contribution < -0.4 is 5.32 Å². The summed E-state index contributed by atoms with van der Waals surface area (Å²) in [6, 6.07) is -0.635. The third kappa shape index (κ3) is 49.4. The summed E-state index contributed by atoms with van der Waals surface area (Å²) in [6.07, 6.45) is 64.4. The van der Waals surface area contributed by atoms with Gasteiger partial charge in [0, 0.05) is 12.8 Å². The number of ether oxygens (including phenoxy) is 1. The van der Waals surface area contributed by atoms with Crippen LogP contribution in [0.3, 0.4) is 0 Å². The van der Waals surface area contributed by atoms with Gasteiger partial charge in [0.15, 0.2) is 0 Å². The van der Waals surface area contributed by atoms with Gasteiger partial charge in [-0.2, -0.15) is 0 Å². The van der Waals surface area contributed by atoms with Gasteiger partial charge in [-0.1, -0.05) is 249 Å². The van der Waals surface area contributed by atoms with Gasteiger partial charge < -0.3 is 20.3 Å². The van der Waals surface area contributed by atoms with Crippen molar-refractivity contribution in [1.82, 2.24) is 5.32 Å². The van der Waals surface area contributed by atoms with E-state index in [1.165, 1.54) is 186 Å². The fourth-order valence-electron chi connectivity index (χ4n) is 8.39. The van der Waals surface area contributed by atoms with Gasteiger partial charge in [-0.3, -0.25) is 9.59 Å². The Balaban J connectivity index is 3.50. The van der Waals surface area contributed by atoms with Gasteiger partial charge in [0.05, 0.1) is 25.4 Å². The van der Waals surface area contributed by atoms with Crippen molar-refractivity contribution in [3.63, 3.8) is 0 Å². The molecule has 0 rings (SSSR count). The average molecular weight is 886 g/mol. The van der Waals surface area contributed by atoms with E-state index in [-0.39, 0.29) is 18.5 Å². The highest BCUT2D eigenvalue weighted by atomic mass is 16.5. The maximum atomic E-state index is 12.4. The first-order valence-electron chi connectivity index (χ1n) is 27.8. The highest BCUT2D eigenvalue weighted by Gasteiger charge is 2.18. The fraction of sp³-hybridized carbons (Fsp3) is 0.860. The molecule has 2 unspecified atom stereocenters. The second kappa shape index (κ2) is 52.7. The second-order valence-electron chi connectivity index (χ2n) is 18.9. The number of rotatable bonds is 51. The molecule has 0 aromatic heterocycles. The first-order valence-corrected chi connectivity index (χ1v) is 27.8. The van der Waals surface area contributed by atoms with Crippen molar-refractivity contribution in [3.8, 4) is 0 Å². The van der Waals surface area contributed by atoms with Gasteiger partial charge >= 0.3 is 5.97 Å². The molecule has 0 radical (unpaired) electrons. The van der Waals surface area contributed by atoms with Crippen LogP contribution in [0.4, 0.5) is 0 Å². The minimum atomic E-state index is -0.850. The summed E-state index contributed by atoms with van der Waals surface area (Å²) in [5, 5.41) is 23.0. The van der Waals surface area contributed by atoms with Crippen molar-refractivity contribution in [2.75, 3.05) is 13.2 Å². The number of amides is 1. The van der Waals surface area contributed by atoms with E-state index >= 15 is 0 Å². The molecule has 0 aromatic rings. The maximum absolute atomic E-state index is 12.4. The van der Waals surface area contributed by atoms with Crippen LogP contribution in [0.2, 0.25) is 0 Å². The van der Waals surface area contributed by atoms with Crippen molar-refractivity contribution in [1.29, 1.82) is 0 Å². The van der Waals surface area contributed by atoms with Gasteiger partial charge in [0.25, 0.3) is 0 Å². The number of nitrogens with one attached hydrogen (secondary N) is 1. The molecule has 370 valence electrons. The van der Waals surface area contributed by atoms with Gasteiger partial charge in [0.1, 0.15) is 0 Å². The smallest absolute Gasteiger partial charge is 0.305 e. The zero-order valence-corrected chi connectivity index (χ0v) is 42.1. The summed E-state index contributed by atoms with van der Waals surface area (Å²) >= 11 is 0. The quantitative estimate of drug-likeness (QED) is 0.0245. The molecule has 0 saturated heterocycles. The highest BCUT2D eigenvalue weighted by molar-refractivity contribution is 5.76. The van der Waals surface area contributed by atoms with Crippen LogP contribution in [0, 0.1) is 0 Å². The Morgan fingerprint density at radius 1 is 0.444 bits per heavy atom. The zero-order valence-electron chi connectivity index (χ0n) is 42.1. The number of allylic oxidation sites excluding steroid dienone is 5. The van der Waals surface area contributed by atoms with Crippen LogP contribution in [0.1, 0.15) is 290 Å². The number of unbranched alkanes of at least 4 members (excludes halogenated alkanes) is 37. The molecule has 0 fully saturated rings. The molecule has 63 heavy (non-hydrogen) atoms. The molecule has 0 aliphatic carbocycles. The predicted molar refractivity (Wildman–Crippen MR) is 273 cm³/mol. The molecule has 6 heteroatoms. The van der Waals surface area contributed by atoms with Gasteiger partial charge in [0.2, 0.25) is 5.91 Å². The first-order chi connectivity index (χ1) is 31.0. The summed E-state index contributed by atoms with van der Waals surface area (Å²) < 4.78 is 5.45. The Kier molecular flexibility index (Phi) is 51.1. The fourth-order valence-corrected chi connectivity index (χ4v) is 8.39. The molecule has 0 aliphatic rings. The van der Waals surface area contributed by atoms with E-state index in [1.54, 1.807) is 6.08 Å². The van der Waals surface area contributed by atoms with Crippen molar-refractivity contribution >= 4 is 11.9 Å². The number of aliphatic hydroxyl groups is 2. The third-order valence-electron chi connectivity index (χ3n) is 12.7. The summed E-state index contributed by atoms with van der Waals surface area (Å²) in [7, 11) is 0. The Labute approximate surface area is 392 Å². The van der Waals surface area contributed by atoms with Crippen LogP contribution in [0.15, 0.2) is 36.5 Å². The van der Waals surface area contributed by atoms with E-state index in [9.17, 15) is 19.8 Å². The molecule has 6 nitrogen and oxygen atoms in total. The molecule has 0 saturated carbocycles. The number of carbonyl (C=O) groups is 2. The van der Waals surface area contributed by atoms with Crippen molar-refractivity contribution in [3.05, 3.63) is 36.5 Å². The lowest BCUT2D eigenvalue weighted by molar-refractivity contribution is -0.143. The minimum absolute atomic E-state index is 0.0123. The number of hydrogen-bond acceptors (Lipinski definition) is 5. The molecule has 3 N–H and O–H groups in total. The van der Waals surface area contributed by atoms with Crippen LogP contribution in [0.25, 0.3) is 0 Å². The topological polar surface area (TPSA) is 95.9 Å². The van der Waals surface area contributed by atoms with Crippen LogP contribution in [-0.4, -0.2) is 47.4 Å². The zero-order chi connectivity index (χ0) is 45.8. The summed E-state index contributed by atoms with van der Waals surface area (Å²) in [6.45, 7) is 4.86. The second-order valence-corrected chi connectivity index (χ2v) is 18.9. The largest absolute Gasteiger partial charge is 0.466 e. The summed E-state index contributed by atoms with van der Waals surface area (Å²) in [4.78, 5) is 24.4. The standard InChI is InChI=1S/C57H107NO5/c1-3-5-7-9-11-13-15-17-27-31-35-39-43-47-51-57(62)63-52-48-44-40-36-32-28-24-22-20-18-19-21-23-26-30-34-38-42-46-50-56(61)58-54(53-59)55(60)49-45-41-37-33-29-25-16-14-12-10-8-6-4-2/h22,24,28,32,45,49,54-55,59-60H,3-21,23,25-27,29-31,33-44,46-48,50-53H2,1-2H3,(H,58,61)/b24-22-,32-28-,49-45+. The highest BCUT2D eigenvalue weighted by Crippen LogP contribution is 2.16. The molecule has 0 aliphatic heterocycles. The molecule has 1 amide bonds. The Morgan fingerprint density at radius 2 is 0.778 bits per heavy atom. The van der Waals surface area contributed by atoms with E-state index in [0.29, 0.717) is 19.4 Å². The van der Waals surface area contributed by atoms with E-state index in [1.807, 2.05) is 6.08 Å². The summed E-state index contributed by atoms with van der Waals surface area (Å²) in [5.74, 6) is -0.0906. The van der Waals surface area contributed by atoms with E-state index in [0.717, 1.165) is 77.0 Å². The molecular weight excluding hydrogens is 779 g/mol. The average Bonchev–Trinajstić information content (AvgIpc) is 3.28. The Bertz CT molecular complexity index is 1020. The van der Waals surface area contributed by atoms with Crippen LogP contribution >= 0.6 is 0 Å². The number of carbonyl (C=O) groups excluding carboxylic acids is 2. The van der Waals surface area contributed by atoms with E-state index < -0.39 is 12.1 Å². The normalized spacial score (nSPS) is 12.9. The molecule has 0 spiro atoms. The Morgan fingerprint density at radius 3 is 1.17 bits per heavy atom. The Hall–Kier alpha value is -1.92. The predicted octanol–water partition coefficient (Wildman–Crippen LogP) is 16.9. The number of esters is 1.